The Morgan fingerprint density at radius 1 is 0.941 bits per heavy atom. The van der Waals surface area contributed by atoms with Crippen molar-refractivity contribution in [2.45, 2.75) is 64.4 Å². The number of quaternary nitrogens is 1. The van der Waals surface area contributed by atoms with E-state index in [2.05, 4.69) is 21.0 Å². The molecule has 1 aliphatic rings. The molecule has 2 heteroatoms. The van der Waals surface area contributed by atoms with Gasteiger partial charge in [-0.3, -0.25) is 0 Å². The smallest absolute Gasteiger partial charge is 0.130 e. The standard InChI is InChI=1S/C15H32NO/c1-4-5-6-7-8-9-10-11-12-16(2,3)13-15-14-17-15/h15H,4-14H2,1-3H3/q+1. The molecule has 0 aliphatic carbocycles. The summed E-state index contributed by atoms with van der Waals surface area (Å²) in [4.78, 5) is 0. The van der Waals surface area contributed by atoms with Crippen LogP contribution in [-0.4, -0.2) is 44.4 Å². The number of hydrogen-bond donors (Lipinski definition) is 0. The van der Waals surface area contributed by atoms with Crippen LogP contribution in [0.5, 0.6) is 0 Å². The Balaban J connectivity index is 1.85. The van der Waals surface area contributed by atoms with Gasteiger partial charge in [-0.1, -0.05) is 45.4 Å². The van der Waals surface area contributed by atoms with Gasteiger partial charge in [0.15, 0.2) is 0 Å². The SMILES string of the molecule is CCCCCCCCCC[N+](C)(C)CC1CO1. The third-order valence-corrected chi connectivity index (χ3v) is 3.72. The molecule has 1 aliphatic heterocycles. The molecule has 0 bridgehead atoms. The Morgan fingerprint density at radius 2 is 1.47 bits per heavy atom. The van der Waals surface area contributed by atoms with Crippen LogP contribution in [0.2, 0.25) is 0 Å². The lowest BCUT2D eigenvalue weighted by molar-refractivity contribution is -0.891. The summed E-state index contributed by atoms with van der Waals surface area (Å²) in [5.74, 6) is 0. The second-order valence-electron chi connectivity index (χ2n) is 6.27. The molecule has 0 aromatic rings. The Hall–Kier alpha value is -0.0800. The number of ether oxygens (including phenoxy) is 1. The predicted molar refractivity (Wildman–Crippen MR) is 74.2 cm³/mol. The molecule has 0 saturated carbocycles. The molecular formula is C15H32NO+. The normalized spacial score (nSPS) is 19.6. The third-order valence-electron chi connectivity index (χ3n) is 3.72. The summed E-state index contributed by atoms with van der Waals surface area (Å²) >= 11 is 0. The van der Waals surface area contributed by atoms with Crippen molar-refractivity contribution in [1.29, 1.82) is 0 Å². The molecule has 0 aromatic carbocycles. The molecule has 0 N–H and O–H groups in total. The first-order valence-corrected chi connectivity index (χ1v) is 7.57. The van der Waals surface area contributed by atoms with Gasteiger partial charge < -0.3 is 9.22 Å². The van der Waals surface area contributed by atoms with E-state index < -0.39 is 0 Å². The van der Waals surface area contributed by atoms with Gasteiger partial charge in [0.05, 0.1) is 27.2 Å². The second kappa shape index (κ2) is 8.10. The zero-order valence-electron chi connectivity index (χ0n) is 12.2. The molecule has 1 fully saturated rings. The summed E-state index contributed by atoms with van der Waals surface area (Å²) in [7, 11) is 4.67. The summed E-state index contributed by atoms with van der Waals surface area (Å²) in [5.41, 5.74) is 0. The van der Waals surface area contributed by atoms with Crippen molar-refractivity contribution in [3.05, 3.63) is 0 Å². The first-order valence-electron chi connectivity index (χ1n) is 7.57. The van der Waals surface area contributed by atoms with Crippen molar-refractivity contribution < 1.29 is 9.22 Å². The molecule has 1 rings (SSSR count). The molecule has 0 radical (unpaired) electrons. The Morgan fingerprint density at radius 3 is 2.00 bits per heavy atom. The minimum Gasteiger partial charge on any atom is -0.367 e. The average molecular weight is 242 g/mol. The van der Waals surface area contributed by atoms with E-state index in [0.29, 0.717) is 6.10 Å². The minimum absolute atomic E-state index is 0.569. The van der Waals surface area contributed by atoms with Gasteiger partial charge in [0, 0.05) is 0 Å². The highest BCUT2D eigenvalue weighted by Gasteiger charge is 2.30. The van der Waals surface area contributed by atoms with Crippen molar-refractivity contribution in [3.8, 4) is 0 Å². The lowest BCUT2D eigenvalue weighted by atomic mass is 10.1. The fraction of sp³-hybridized carbons (Fsp3) is 1.00. The van der Waals surface area contributed by atoms with Crippen LogP contribution in [0.4, 0.5) is 0 Å². The molecule has 1 atom stereocenters. The van der Waals surface area contributed by atoms with Crippen molar-refractivity contribution in [3.63, 3.8) is 0 Å². The summed E-state index contributed by atoms with van der Waals surface area (Å²) in [6.07, 6.45) is 11.9. The summed E-state index contributed by atoms with van der Waals surface area (Å²) in [6.45, 7) is 5.80. The average Bonchev–Trinajstić information content (AvgIpc) is 3.05. The molecule has 1 unspecified atom stereocenters. The van der Waals surface area contributed by atoms with E-state index in [1.54, 1.807) is 0 Å². The Kier molecular flexibility index (Phi) is 7.14. The molecule has 17 heavy (non-hydrogen) atoms. The maximum atomic E-state index is 5.31. The van der Waals surface area contributed by atoms with Gasteiger partial charge in [-0.15, -0.1) is 0 Å². The van der Waals surface area contributed by atoms with E-state index in [0.717, 1.165) is 11.1 Å². The highest BCUT2D eigenvalue weighted by Crippen LogP contribution is 2.15. The van der Waals surface area contributed by atoms with Gasteiger partial charge in [0.25, 0.3) is 0 Å². The van der Waals surface area contributed by atoms with E-state index in [4.69, 9.17) is 4.74 Å². The van der Waals surface area contributed by atoms with Crippen molar-refractivity contribution in [2.24, 2.45) is 0 Å². The van der Waals surface area contributed by atoms with Crippen molar-refractivity contribution in [2.75, 3.05) is 33.8 Å². The van der Waals surface area contributed by atoms with Gasteiger partial charge in [0.1, 0.15) is 12.6 Å². The third kappa shape index (κ3) is 8.62. The van der Waals surface area contributed by atoms with Gasteiger partial charge >= 0.3 is 0 Å². The minimum atomic E-state index is 0.569. The Bertz CT molecular complexity index is 187. The number of nitrogens with zero attached hydrogens (tertiary/aromatic N) is 1. The highest BCUT2D eigenvalue weighted by atomic mass is 16.6. The van der Waals surface area contributed by atoms with Crippen LogP contribution in [-0.2, 0) is 4.74 Å². The molecule has 0 amide bonds. The molecule has 1 saturated heterocycles. The largest absolute Gasteiger partial charge is 0.367 e. The second-order valence-corrected chi connectivity index (χ2v) is 6.27. The predicted octanol–water partition coefficient (Wildman–Crippen LogP) is 3.60. The van der Waals surface area contributed by atoms with Crippen LogP contribution >= 0.6 is 0 Å². The fourth-order valence-corrected chi connectivity index (χ4v) is 2.49. The van der Waals surface area contributed by atoms with Crippen LogP contribution in [0.25, 0.3) is 0 Å². The van der Waals surface area contributed by atoms with Gasteiger partial charge in [-0.25, -0.2) is 0 Å². The summed E-state index contributed by atoms with van der Waals surface area (Å²) < 4.78 is 6.45. The van der Waals surface area contributed by atoms with Gasteiger partial charge in [-0.2, -0.15) is 0 Å². The first kappa shape index (κ1) is 15.0. The monoisotopic (exact) mass is 242 g/mol. The van der Waals surface area contributed by atoms with Gasteiger partial charge in [0.2, 0.25) is 0 Å². The van der Waals surface area contributed by atoms with Crippen LogP contribution in [0.1, 0.15) is 58.3 Å². The summed E-state index contributed by atoms with van der Waals surface area (Å²) in [6, 6.07) is 0. The van der Waals surface area contributed by atoms with Gasteiger partial charge in [-0.05, 0) is 12.8 Å². The topological polar surface area (TPSA) is 12.5 Å². The maximum Gasteiger partial charge on any atom is 0.130 e. The lowest BCUT2D eigenvalue weighted by Gasteiger charge is -2.29. The van der Waals surface area contributed by atoms with Crippen LogP contribution in [0, 0.1) is 0 Å². The van der Waals surface area contributed by atoms with Crippen LogP contribution in [0.15, 0.2) is 0 Å². The van der Waals surface area contributed by atoms with Crippen molar-refractivity contribution >= 4 is 0 Å². The summed E-state index contributed by atoms with van der Waals surface area (Å²) in [5, 5.41) is 0. The van der Waals surface area contributed by atoms with Crippen LogP contribution < -0.4 is 0 Å². The molecule has 2 nitrogen and oxygen atoms in total. The van der Waals surface area contributed by atoms with E-state index in [9.17, 15) is 0 Å². The number of epoxide rings is 1. The van der Waals surface area contributed by atoms with E-state index in [1.807, 2.05) is 0 Å². The zero-order chi connectivity index (χ0) is 12.6. The van der Waals surface area contributed by atoms with Crippen LogP contribution in [0.3, 0.4) is 0 Å². The quantitative estimate of drug-likeness (QED) is 0.306. The van der Waals surface area contributed by atoms with E-state index >= 15 is 0 Å². The Labute approximate surface area is 108 Å². The number of hydrogen-bond acceptors (Lipinski definition) is 1. The first-order chi connectivity index (χ1) is 8.14. The van der Waals surface area contributed by atoms with Crippen molar-refractivity contribution in [1.82, 2.24) is 0 Å². The molecule has 0 spiro atoms. The zero-order valence-corrected chi connectivity index (χ0v) is 12.2. The lowest BCUT2D eigenvalue weighted by Crippen LogP contribution is -2.43. The molecular weight excluding hydrogens is 210 g/mol. The number of rotatable bonds is 11. The molecule has 1 heterocycles. The fourth-order valence-electron chi connectivity index (χ4n) is 2.49. The highest BCUT2D eigenvalue weighted by molar-refractivity contribution is 4.67. The maximum absolute atomic E-state index is 5.31. The number of likely N-dealkylation sites (N-methyl/N-ethyl adjacent to an activating group) is 1. The van der Waals surface area contributed by atoms with E-state index in [1.165, 1.54) is 64.5 Å². The molecule has 102 valence electrons. The van der Waals surface area contributed by atoms with E-state index in [-0.39, 0.29) is 0 Å². The number of unbranched alkanes of at least 4 members (excludes halogenated alkanes) is 7. The molecule has 0 aromatic heterocycles.